The molecule has 1 saturated heterocycles. The van der Waals surface area contributed by atoms with Crippen LogP contribution in [0, 0.1) is 6.92 Å². The van der Waals surface area contributed by atoms with Crippen molar-refractivity contribution < 1.29 is 19.1 Å². The summed E-state index contributed by atoms with van der Waals surface area (Å²) in [6.07, 6.45) is 0. The molecule has 1 fully saturated rings. The van der Waals surface area contributed by atoms with Crippen molar-refractivity contribution in [2.75, 3.05) is 44.8 Å². The number of amides is 1. The molecule has 0 saturated carbocycles. The van der Waals surface area contributed by atoms with Gasteiger partial charge in [0.05, 0.1) is 12.2 Å². The molecule has 0 bridgehead atoms. The van der Waals surface area contributed by atoms with Gasteiger partial charge in [0.2, 0.25) is 12.7 Å². The van der Waals surface area contributed by atoms with Crippen molar-refractivity contribution in [3.05, 3.63) is 53.1 Å². The number of carbonyl (C=O) groups is 2. The number of Topliss-reactive ketones (excluding diaryl/α,β-unsaturated/α-hetero) is 1. The molecule has 7 heteroatoms. The van der Waals surface area contributed by atoms with Gasteiger partial charge in [-0.1, -0.05) is 24.3 Å². The minimum Gasteiger partial charge on any atom is -0.454 e. The third-order valence-corrected chi connectivity index (χ3v) is 5.65. The van der Waals surface area contributed by atoms with E-state index in [4.69, 9.17) is 9.47 Å². The lowest BCUT2D eigenvalue weighted by Gasteiger charge is -2.34. The van der Waals surface area contributed by atoms with Crippen LogP contribution in [0.1, 0.15) is 28.4 Å². The first-order chi connectivity index (χ1) is 14.5. The summed E-state index contributed by atoms with van der Waals surface area (Å²) in [6.45, 7) is 8.48. The summed E-state index contributed by atoms with van der Waals surface area (Å²) < 4.78 is 10.7. The molecule has 2 aliphatic rings. The fourth-order valence-corrected chi connectivity index (χ4v) is 3.86. The van der Waals surface area contributed by atoms with Crippen molar-refractivity contribution in [2.24, 2.45) is 0 Å². The van der Waals surface area contributed by atoms with E-state index in [1.165, 1.54) is 18.1 Å². The van der Waals surface area contributed by atoms with Crippen LogP contribution >= 0.6 is 0 Å². The molecule has 7 nitrogen and oxygen atoms in total. The van der Waals surface area contributed by atoms with E-state index >= 15 is 0 Å². The molecule has 0 unspecified atom stereocenters. The fourth-order valence-electron chi connectivity index (χ4n) is 3.86. The third kappa shape index (κ3) is 4.63. The maximum Gasteiger partial charge on any atom is 0.238 e. The Morgan fingerprint density at radius 1 is 1.00 bits per heavy atom. The lowest BCUT2D eigenvalue weighted by Crippen LogP contribution is -2.48. The molecular formula is C23H27N3O4. The van der Waals surface area contributed by atoms with Crippen molar-refractivity contribution in [3.8, 4) is 11.5 Å². The van der Waals surface area contributed by atoms with Crippen LogP contribution in [-0.2, 0) is 11.3 Å². The largest absolute Gasteiger partial charge is 0.454 e. The van der Waals surface area contributed by atoms with E-state index in [1.807, 2.05) is 0 Å². The van der Waals surface area contributed by atoms with E-state index < -0.39 is 0 Å². The second-order valence-corrected chi connectivity index (χ2v) is 7.83. The summed E-state index contributed by atoms with van der Waals surface area (Å²) in [5, 5.41) is 2.88. The Hall–Kier alpha value is -2.90. The number of rotatable bonds is 6. The molecule has 2 aromatic carbocycles. The van der Waals surface area contributed by atoms with Crippen LogP contribution < -0.4 is 14.8 Å². The second kappa shape index (κ2) is 8.85. The number of fused-ring (bicyclic) bond motifs is 1. The van der Waals surface area contributed by atoms with Crippen molar-refractivity contribution in [1.82, 2.24) is 9.80 Å². The molecule has 0 aliphatic carbocycles. The zero-order valence-electron chi connectivity index (χ0n) is 17.4. The highest BCUT2D eigenvalue weighted by atomic mass is 16.7. The zero-order valence-corrected chi connectivity index (χ0v) is 17.4. The molecule has 0 spiro atoms. The molecule has 30 heavy (non-hydrogen) atoms. The molecule has 2 heterocycles. The monoisotopic (exact) mass is 409 g/mol. The predicted octanol–water partition coefficient (Wildman–Crippen LogP) is 2.68. The van der Waals surface area contributed by atoms with Gasteiger partial charge in [0.25, 0.3) is 0 Å². The Balaban J connectivity index is 1.31. The van der Waals surface area contributed by atoms with Crippen LogP contribution in [0.2, 0.25) is 0 Å². The maximum absolute atomic E-state index is 12.6. The second-order valence-electron chi connectivity index (χ2n) is 7.83. The van der Waals surface area contributed by atoms with Crippen LogP contribution in [0.15, 0.2) is 36.4 Å². The first-order valence-electron chi connectivity index (χ1n) is 10.2. The number of benzene rings is 2. The smallest absolute Gasteiger partial charge is 0.238 e. The van der Waals surface area contributed by atoms with Gasteiger partial charge in [-0.25, -0.2) is 0 Å². The molecule has 0 radical (unpaired) electrons. The van der Waals surface area contributed by atoms with Crippen LogP contribution in [-0.4, -0.2) is 61.0 Å². The Labute approximate surface area is 176 Å². The number of ketones is 1. The van der Waals surface area contributed by atoms with Crippen LogP contribution in [0.5, 0.6) is 11.5 Å². The Kier molecular flexibility index (Phi) is 6.01. The molecule has 158 valence electrons. The molecule has 1 amide bonds. The van der Waals surface area contributed by atoms with Gasteiger partial charge in [-0.15, -0.1) is 0 Å². The van der Waals surface area contributed by atoms with Gasteiger partial charge in [-0.05, 0) is 31.0 Å². The van der Waals surface area contributed by atoms with Gasteiger partial charge in [-0.2, -0.15) is 0 Å². The SMILES string of the molecule is CC(=O)c1cc2c(cc1NC(=O)CN1CCN(Cc3ccccc3C)CC1)OCO2. The number of ether oxygens (including phenoxy) is 2. The lowest BCUT2D eigenvalue weighted by molar-refractivity contribution is -0.117. The number of anilines is 1. The molecule has 2 aromatic rings. The quantitative estimate of drug-likeness (QED) is 0.740. The molecule has 4 rings (SSSR count). The number of nitrogens with zero attached hydrogens (tertiary/aromatic N) is 2. The van der Waals surface area contributed by atoms with E-state index in [1.54, 1.807) is 12.1 Å². The average molecular weight is 409 g/mol. The van der Waals surface area contributed by atoms with Crippen LogP contribution in [0.25, 0.3) is 0 Å². The molecule has 0 aromatic heterocycles. The summed E-state index contributed by atoms with van der Waals surface area (Å²) in [5.74, 6) is 0.806. The van der Waals surface area contributed by atoms with Crippen molar-refractivity contribution in [3.63, 3.8) is 0 Å². The summed E-state index contributed by atoms with van der Waals surface area (Å²) in [4.78, 5) is 29.2. The maximum atomic E-state index is 12.6. The normalized spacial score (nSPS) is 16.5. The molecule has 0 atom stereocenters. The Morgan fingerprint density at radius 3 is 2.37 bits per heavy atom. The van der Waals surface area contributed by atoms with E-state index in [-0.39, 0.29) is 18.5 Å². The minimum absolute atomic E-state index is 0.122. The van der Waals surface area contributed by atoms with Crippen molar-refractivity contribution in [2.45, 2.75) is 20.4 Å². The average Bonchev–Trinajstić information content (AvgIpc) is 3.18. The third-order valence-electron chi connectivity index (χ3n) is 5.65. The number of carbonyl (C=O) groups excluding carboxylic acids is 2. The van der Waals surface area contributed by atoms with Gasteiger partial charge in [0, 0.05) is 44.4 Å². The van der Waals surface area contributed by atoms with Gasteiger partial charge in [0.15, 0.2) is 17.3 Å². The van der Waals surface area contributed by atoms with Gasteiger partial charge < -0.3 is 14.8 Å². The number of hydrogen-bond donors (Lipinski definition) is 1. The summed E-state index contributed by atoms with van der Waals surface area (Å²) in [7, 11) is 0. The highest BCUT2D eigenvalue weighted by molar-refractivity contribution is 6.05. The highest BCUT2D eigenvalue weighted by Gasteiger charge is 2.23. The van der Waals surface area contributed by atoms with Crippen LogP contribution in [0.4, 0.5) is 5.69 Å². The molecule has 2 aliphatic heterocycles. The minimum atomic E-state index is -0.135. The van der Waals surface area contributed by atoms with Gasteiger partial charge in [-0.3, -0.25) is 19.4 Å². The summed E-state index contributed by atoms with van der Waals surface area (Å²) in [6, 6.07) is 11.7. The van der Waals surface area contributed by atoms with E-state index in [9.17, 15) is 9.59 Å². The standard InChI is InChI=1S/C23H27N3O4/c1-16-5-3-4-6-18(16)13-25-7-9-26(10-8-25)14-23(28)24-20-12-22-21(29-15-30-22)11-19(20)17(2)27/h3-6,11-12H,7-10,13-15H2,1-2H3,(H,24,28). The summed E-state index contributed by atoms with van der Waals surface area (Å²) >= 11 is 0. The Bertz CT molecular complexity index is 951. The van der Waals surface area contributed by atoms with E-state index in [2.05, 4.69) is 46.3 Å². The molecule has 1 N–H and O–H groups in total. The van der Waals surface area contributed by atoms with Gasteiger partial charge in [0.1, 0.15) is 0 Å². The number of hydrogen-bond acceptors (Lipinski definition) is 6. The fraction of sp³-hybridized carbons (Fsp3) is 0.391. The topological polar surface area (TPSA) is 71.1 Å². The van der Waals surface area contributed by atoms with E-state index in [0.717, 1.165) is 32.7 Å². The highest BCUT2D eigenvalue weighted by Crippen LogP contribution is 2.37. The number of piperazine rings is 1. The Morgan fingerprint density at radius 2 is 1.67 bits per heavy atom. The number of nitrogens with one attached hydrogen (secondary N) is 1. The zero-order chi connectivity index (χ0) is 21.1. The van der Waals surface area contributed by atoms with E-state index in [0.29, 0.717) is 29.3 Å². The lowest BCUT2D eigenvalue weighted by atomic mass is 10.1. The summed E-state index contributed by atoms with van der Waals surface area (Å²) in [5.41, 5.74) is 3.55. The number of aryl methyl sites for hydroxylation is 1. The van der Waals surface area contributed by atoms with Gasteiger partial charge >= 0.3 is 0 Å². The van der Waals surface area contributed by atoms with Crippen molar-refractivity contribution in [1.29, 1.82) is 0 Å². The predicted molar refractivity (Wildman–Crippen MR) is 114 cm³/mol. The molecular weight excluding hydrogens is 382 g/mol. The van der Waals surface area contributed by atoms with Crippen molar-refractivity contribution >= 4 is 17.4 Å². The first kappa shape index (κ1) is 20.4. The van der Waals surface area contributed by atoms with Crippen LogP contribution in [0.3, 0.4) is 0 Å². The first-order valence-corrected chi connectivity index (χ1v) is 10.2.